The number of piperidine rings is 1. The molecular formula is C24H40N6O2S. The molecule has 1 aliphatic carbocycles. The molecule has 0 aromatic heterocycles. The van der Waals surface area contributed by atoms with Crippen molar-refractivity contribution in [2.75, 3.05) is 34.2 Å². The molecule has 4 N–H and O–H groups in total. The minimum Gasteiger partial charge on any atom is -0.393 e. The zero-order valence-corrected chi connectivity index (χ0v) is 21.7. The second-order valence-corrected chi connectivity index (χ2v) is 12.8. The first-order valence-electron chi connectivity index (χ1n) is 11.9. The van der Waals surface area contributed by atoms with Crippen LogP contribution in [0.5, 0.6) is 0 Å². The number of carbonyl (C=O) groups excluding carboxylic acids is 2. The molecule has 9 heteroatoms. The standard InChI is InChI=1S/C24H40N6O2S/c1-24(2,3)10-16(13-29(4)5)27-23(32)28-22(31)15-7-14-8-17-18(11-25)21(26)33-20(17)9-19(14)30(6)12-15/h14-17,19-20H,7-10,12-13,26H2,1-6H3,(H2,27,28,31,32)/t14-,15-,16?,17?,19-,20?/m1/s1. The number of likely N-dealkylation sites (tertiary alicyclic amines) is 1. The summed E-state index contributed by atoms with van der Waals surface area (Å²) in [4.78, 5) is 30.0. The van der Waals surface area contributed by atoms with Gasteiger partial charge in [-0.1, -0.05) is 20.8 Å². The zero-order valence-electron chi connectivity index (χ0n) is 20.9. The summed E-state index contributed by atoms with van der Waals surface area (Å²) in [6.07, 6.45) is 3.42. The Bertz CT molecular complexity index is 830. The minimum absolute atomic E-state index is 0.0389. The second kappa shape index (κ2) is 10.2. The third kappa shape index (κ3) is 6.43. The number of nitriles is 1. The Morgan fingerprint density at radius 3 is 2.61 bits per heavy atom. The molecule has 6 atom stereocenters. The van der Waals surface area contributed by atoms with E-state index >= 15 is 0 Å². The fraction of sp³-hybridized carbons (Fsp3) is 0.792. The van der Waals surface area contributed by atoms with Gasteiger partial charge >= 0.3 is 6.03 Å². The Balaban J connectivity index is 1.59. The topological polar surface area (TPSA) is 114 Å². The number of nitrogens with zero attached hydrogens (tertiary/aromatic N) is 3. The van der Waals surface area contributed by atoms with E-state index in [0.29, 0.717) is 35.3 Å². The van der Waals surface area contributed by atoms with E-state index in [4.69, 9.17) is 5.73 Å². The fourth-order valence-electron chi connectivity index (χ4n) is 5.89. The van der Waals surface area contributed by atoms with Gasteiger partial charge in [0, 0.05) is 36.3 Å². The largest absolute Gasteiger partial charge is 0.393 e. The first-order valence-corrected chi connectivity index (χ1v) is 12.8. The van der Waals surface area contributed by atoms with Crippen LogP contribution in [0.25, 0.3) is 0 Å². The first-order chi connectivity index (χ1) is 15.4. The molecule has 0 spiro atoms. The van der Waals surface area contributed by atoms with Gasteiger partial charge in [0.15, 0.2) is 0 Å². The van der Waals surface area contributed by atoms with Crippen molar-refractivity contribution in [3.8, 4) is 6.07 Å². The van der Waals surface area contributed by atoms with Crippen molar-refractivity contribution in [2.45, 2.75) is 63.8 Å². The molecule has 1 saturated heterocycles. The van der Waals surface area contributed by atoms with E-state index in [1.807, 2.05) is 19.0 Å². The van der Waals surface area contributed by atoms with E-state index in [1.165, 1.54) is 0 Å². The first kappa shape index (κ1) is 25.9. The molecule has 3 aliphatic rings. The van der Waals surface area contributed by atoms with Gasteiger partial charge in [0.1, 0.15) is 0 Å². The molecule has 0 radical (unpaired) electrons. The molecule has 2 aliphatic heterocycles. The number of hydrogen-bond acceptors (Lipinski definition) is 7. The van der Waals surface area contributed by atoms with Gasteiger partial charge in [-0.3, -0.25) is 10.1 Å². The van der Waals surface area contributed by atoms with E-state index in [0.717, 1.165) is 31.3 Å². The number of carbonyl (C=O) groups is 2. The lowest BCUT2D eigenvalue weighted by molar-refractivity contribution is -0.127. The summed E-state index contributed by atoms with van der Waals surface area (Å²) in [6.45, 7) is 7.79. The predicted octanol–water partition coefficient (Wildman–Crippen LogP) is 2.33. The number of fused-ring (bicyclic) bond motifs is 2. The summed E-state index contributed by atoms with van der Waals surface area (Å²) < 4.78 is 0. The summed E-state index contributed by atoms with van der Waals surface area (Å²) in [6, 6.07) is 2.24. The number of rotatable bonds is 5. The number of nitrogens with one attached hydrogen (secondary N) is 2. The number of hydrogen-bond donors (Lipinski definition) is 3. The molecule has 3 unspecified atom stereocenters. The summed E-state index contributed by atoms with van der Waals surface area (Å²) in [5.41, 5.74) is 6.90. The number of nitrogens with two attached hydrogens (primary N) is 1. The number of imide groups is 1. The van der Waals surface area contributed by atoms with Crippen molar-refractivity contribution in [1.29, 1.82) is 5.26 Å². The van der Waals surface area contributed by atoms with Crippen molar-refractivity contribution < 1.29 is 9.59 Å². The van der Waals surface area contributed by atoms with Gasteiger partial charge in [0.2, 0.25) is 5.91 Å². The van der Waals surface area contributed by atoms with Gasteiger partial charge in [-0.05, 0) is 58.2 Å². The monoisotopic (exact) mass is 476 g/mol. The van der Waals surface area contributed by atoms with Crippen LogP contribution in [0.2, 0.25) is 0 Å². The molecule has 2 heterocycles. The molecule has 0 bridgehead atoms. The van der Waals surface area contributed by atoms with Crippen LogP contribution in [0.15, 0.2) is 10.6 Å². The maximum absolute atomic E-state index is 13.0. The lowest BCUT2D eigenvalue weighted by Crippen LogP contribution is -2.56. The van der Waals surface area contributed by atoms with Gasteiger partial charge in [-0.25, -0.2) is 4.79 Å². The van der Waals surface area contributed by atoms with Gasteiger partial charge in [0.05, 0.1) is 22.6 Å². The Labute approximate surface area is 202 Å². The Hall–Kier alpha value is -1.76. The molecule has 2 fully saturated rings. The Kier molecular flexibility index (Phi) is 8.03. The average Bonchev–Trinajstić information content (AvgIpc) is 2.98. The smallest absolute Gasteiger partial charge is 0.321 e. The van der Waals surface area contributed by atoms with Crippen LogP contribution in [0.4, 0.5) is 4.79 Å². The van der Waals surface area contributed by atoms with Gasteiger partial charge in [0.25, 0.3) is 0 Å². The highest BCUT2D eigenvalue weighted by atomic mass is 32.2. The second-order valence-electron chi connectivity index (χ2n) is 11.5. The molecule has 3 amide bonds. The number of amides is 3. The summed E-state index contributed by atoms with van der Waals surface area (Å²) in [7, 11) is 6.02. The van der Waals surface area contributed by atoms with Crippen LogP contribution < -0.4 is 16.4 Å². The zero-order chi connectivity index (χ0) is 24.5. The molecule has 3 rings (SSSR count). The third-order valence-electron chi connectivity index (χ3n) is 7.11. The highest BCUT2D eigenvalue weighted by Crippen LogP contribution is 2.51. The normalized spacial score (nSPS) is 30.9. The number of urea groups is 1. The fourth-order valence-corrected chi connectivity index (χ4v) is 7.25. The van der Waals surface area contributed by atoms with Crippen LogP contribution in [-0.2, 0) is 4.79 Å². The van der Waals surface area contributed by atoms with Crippen LogP contribution >= 0.6 is 11.8 Å². The van der Waals surface area contributed by atoms with Crippen LogP contribution in [0.3, 0.4) is 0 Å². The van der Waals surface area contributed by atoms with Crippen molar-refractivity contribution in [1.82, 2.24) is 20.4 Å². The summed E-state index contributed by atoms with van der Waals surface area (Å²) in [5, 5.41) is 16.2. The summed E-state index contributed by atoms with van der Waals surface area (Å²) >= 11 is 1.64. The van der Waals surface area contributed by atoms with Crippen molar-refractivity contribution in [3.05, 3.63) is 10.6 Å². The van der Waals surface area contributed by atoms with E-state index in [9.17, 15) is 14.9 Å². The molecule has 0 aromatic rings. The van der Waals surface area contributed by atoms with Crippen molar-refractivity contribution in [3.63, 3.8) is 0 Å². The average molecular weight is 477 g/mol. The lowest BCUT2D eigenvalue weighted by Gasteiger charge is -2.48. The SMILES string of the molecule is CN(C)CC(CC(C)(C)C)NC(=O)NC(=O)[C@@H]1C[C@@H]2CC3C(C#N)=C(N)SC3C[C@H]2N(C)C1. The highest BCUT2D eigenvalue weighted by Gasteiger charge is 2.48. The van der Waals surface area contributed by atoms with E-state index < -0.39 is 6.03 Å². The highest BCUT2D eigenvalue weighted by molar-refractivity contribution is 8.03. The molecule has 0 aromatic carbocycles. The molecule has 8 nitrogen and oxygen atoms in total. The van der Waals surface area contributed by atoms with Crippen molar-refractivity contribution >= 4 is 23.7 Å². The lowest BCUT2D eigenvalue weighted by atomic mass is 9.69. The van der Waals surface area contributed by atoms with Crippen LogP contribution in [0.1, 0.15) is 46.5 Å². The minimum atomic E-state index is -0.417. The van der Waals surface area contributed by atoms with Crippen LogP contribution in [-0.4, -0.2) is 73.3 Å². The van der Waals surface area contributed by atoms with Gasteiger partial charge in [-0.2, -0.15) is 5.26 Å². The van der Waals surface area contributed by atoms with Gasteiger partial charge < -0.3 is 20.9 Å². The van der Waals surface area contributed by atoms with E-state index in [-0.39, 0.29) is 29.2 Å². The third-order valence-corrected chi connectivity index (χ3v) is 8.40. The summed E-state index contributed by atoms with van der Waals surface area (Å²) in [5.74, 6) is 0.0509. The Morgan fingerprint density at radius 1 is 1.30 bits per heavy atom. The molecule has 33 heavy (non-hydrogen) atoms. The number of thioether (sulfide) groups is 1. The Morgan fingerprint density at radius 2 is 2.00 bits per heavy atom. The predicted molar refractivity (Wildman–Crippen MR) is 132 cm³/mol. The number of allylic oxidation sites excluding steroid dienone is 1. The number of likely N-dealkylation sites (N-methyl/N-ethyl adjacent to an activating group) is 1. The van der Waals surface area contributed by atoms with E-state index in [2.05, 4.69) is 49.4 Å². The van der Waals surface area contributed by atoms with Crippen LogP contribution in [0, 0.1) is 34.5 Å². The van der Waals surface area contributed by atoms with Crippen molar-refractivity contribution in [2.24, 2.45) is 28.9 Å². The quantitative estimate of drug-likeness (QED) is 0.558. The van der Waals surface area contributed by atoms with Gasteiger partial charge in [-0.15, -0.1) is 11.8 Å². The molecule has 1 saturated carbocycles. The molecular weight excluding hydrogens is 436 g/mol. The van der Waals surface area contributed by atoms with E-state index in [1.54, 1.807) is 11.8 Å². The maximum atomic E-state index is 13.0. The molecule has 184 valence electrons. The maximum Gasteiger partial charge on any atom is 0.321 e.